The van der Waals surface area contributed by atoms with Crippen LogP contribution in [0.3, 0.4) is 0 Å². The van der Waals surface area contributed by atoms with Crippen molar-refractivity contribution >= 4 is 76.9 Å². The average Bonchev–Trinajstić information content (AvgIpc) is 1.76. The van der Waals surface area contributed by atoms with Crippen LogP contribution in [0.15, 0.2) is 66.7 Å². The lowest BCUT2D eigenvalue weighted by atomic mass is 9.91. The Morgan fingerprint density at radius 1 is 0.617 bits per heavy atom. The molecule has 32 heteroatoms. The maximum atomic E-state index is 14.7. The van der Waals surface area contributed by atoms with E-state index >= 15 is 0 Å². The molecule has 0 spiro atoms. The summed E-state index contributed by atoms with van der Waals surface area (Å²) in [4.78, 5) is 164. The van der Waals surface area contributed by atoms with E-state index in [2.05, 4.69) is 37.2 Å². The summed E-state index contributed by atoms with van der Waals surface area (Å²) < 4.78 is 39.7. The van der Waals surface area contributed by atoms with Gasteiger partial charge in [0.15, 0.2) is 0 Å². The van der Waals surface area contributed by atoms with E-state index in [1.807, 2.05) is 32.0 Å². The van der Waals surface area contributed by atoms with Crippen LogP contribution in [0, 0.1) is 29.6 Å². The summed E-state index contributed by atoms with van der Waals surface area (Å²) in [5.41, 5.74) is 6.77. The minimum absolute atomic E-state index is 0.000860. The smallest absolute Gasteiger partial charge is 0.410 e. The molecule has 598 valence electrons. The molecule has 1 unspecified atom stereocenters. The number of carbonyl (C=O) groups excluding carboxylic acids is 12. The summed E-state index contributed by atoms with van der Waals surface area (Å²) in [6.45, 7) is 20.2. The highest BCUT2D eigenvalue weighted by molar-refractivity contribution is 6.13. The number of nitrogens with one attached hydrogen (secondary N) is 7. The molecule has 0 aliphatic carbocycles. The number of primary amides is 1. The van der Waals surface area contributed by atoms with Crippen molar-refractivity contribution < 1.29 is 95.8 Å². The van der Waals surface area contributed by atoms with Crippen LogP contribution in [0.2, 0.25) is 0 Å². The maximum absolute atomic E-state index is 14.7. The highest BCUT2D eigenvalue weighted by atomic mass is 16.6. The molecule has 11 atom stereocenters. The Morgan fingerprint density at radius 3 is 1.78 bits per heavy atom. The molecule has 107 heavy (non-hydrogen) atoms. The van der Waals surface area contributed by atoms with E-state index in [0.717, 1.165) is 17.1 Å². The van der Waals surface area contributed by atoms with Crippen molar-refractivity contribution in [1.29, 1.82) is 0 Å². The topological polar surface area (TPSA) is 413 Å². The largest absolute Gasteiger partial charge is 0.445 e. The zero-order chi connectivity index (χ0) is 79.4. The Morgan fingerprint density at radius 2 is 1.21 bits per heavy atom. The van der Waals surface area contributed by atoms with Gasteiger partial charge >= 0.3 is 12.1 Å². The van der Waals surface area contributed by atoms with Gasteiger partial charge in [0.1, 0.15) is 30.8 Å². The number of hydrogen-bond donors (Lipinski definition) is 9. The average molecular weight is 1510 g/mol. The summed E-state index contributed by atoms with van der Waals surface area (Å²) in [6, 6.07) is 8.58. The number of benzene rings is 2. The molecule has 2 heterocycles. The molecule has 0 saturated carbocycles. The summed E-state index contributed by atoms with van der Waals surface area (Å²) in [5.74, 6) is -6.74. The van der Waals surface area contributed by atoms with Crippen LogP contribution in [-0.2, 0) is 87.7 Å². The van der Waals surface area contributed by atoms with E-state index in [9.17, 15) is 62.6 Å². The van der Waals surface area contributed by atoms with Crippen molar-refractivity contribution in [3.63, 3.8) is 0 Å². The highest BCUT2D eigenvalue weighted by Gasteiger charge is 2.44. The number of anilines is 1. The van der Waals surface area contributed by atoms with Gasteiger partial charge in [0, 0.05) is 85.2 Å². The number of amides is 13. The normalized spacial score (nSPS) is 16.4. The van der Waals surface area contributed by atoms with Gasteiger partial charge in [-0.1, -0.05) is 105 Å². The number of methoxy groups -OCH3 is 2. The van der Waals surface area contributed by atoms with E-state index in [1.165, 1.54) is 31.1 Å². The first kappa shape index (κ1) is 90.7. The van der Waals surface area contributed by atoms with Gasteiger partial charge in [0.2, 0.25) is 47.3 Å². The van der Waals surface area contributed by atoms with Crippen LogP contribution in [0.4, 0.5) is 15.3 Å². The maximum Gasteiger partial charge on any atom is 0.410 e. The number of rotatable bonds is 49. The highest BCUT2D eigenvalue weighted by Crippen LogP contribution is 2.30. The molecule has 2 aliphatic rings. The molecule has 10 N–H and O–H groups in total. The van der Waals surface area contributed by atoms with Crippen molar-refractivity contribution in [2.75, 3.05) is 113 Å². The molecular weight excluding hydrogens is 1390 g/mol. The molecular formula is C75H118N12O20. The van der Waals surface area contributed by atoms with E-state index in [0.29, 0.717) is 36.2 Å². The molecule has 0 radical (unpaired) electrons. The van der Waals surface area contributed by atoms with Gasteiger partial charge in [0.05, 0.1) is 102 Å². The predicted molar refractivity (Wildman–Crippen MR) is 396 cm³/mol. The third-order valence-electron chi connectivity index (χ3n) is 18.6. The second-order valence-corrected chi connectivity index (χ2v) is 28.1. The van der Waals surface area contributed by atoms with E-state index < -0.39 is 138 Å². The van der Waals surface area contributed by atoms with E-state index in [4.69, 9.17) is 38.9 Å². The number of likely N-dealkylation sites (N-methyl/N-ethyl adjacent to an activating group) is 2. The van der Waals surface area contributed by atoms with Crippen LogP contribution in [0.5, 0.6) is 0 Å². The Hall–Kier alpha value is -8.66. The van der Waals surface area contributed by atoms with Gasteiger partial charge in [-0.05, 0) is 79.5 Å². The zero-order valence-corrected chi connectivity index (χ0v) is 64.7. The molecule has 2 aliphatic heterocycles. The van der Waals surface area contributed by atoms with Gasteiger partial charge in [-0.15, -0.1) is 0 Å². The number of aliphatic hydroxyl groups excluding tert-OH is 1. The standard InChI is InChI=1S/C75H118N12O20/c1-46(2)63(82-59(89)31-36-103-38-40-105-42-43-106-41-39-104-37-33-77-58(88)30-35-87-60(90)28-29-61(87)91)71(96)81-55(22-18-32-78-74(76)99)70(95)80-54-26-24-52(25-27-54)45-107-75(100)85(12)66(49(7)8)72(97)83-64(47(3)4)73(98)84(11)65(48(5)6)57(101-13)44-62(92)86-34-19-23-56(86)68(102-14)50(9)69(94)79-51(10)67(93)53-20-16-15-17-21-53/h15-17,20-21,24-29,46-51,55-57,63-68,93H,18-19,22-23,30-45H2,1-14H3,(H,77,88)(H,79,94)(H,80,95)(H,81,96)(H,82,89)(H,83,97)(H3,76,78,99)/t50-,51-,55+,56+,57-,63+,64+,65+,66+,67?,68-/m1/s1. The Balaban J connectivity index is 1.25. The number of hydrogen-bond acceptors (Lipinski definition) is 20. The number of likely N-dealkylation sites (tertiary alicyclic amines) is 1. The van der Waals surface area contributed by atoms with Gasteiger partial charge in [0.25, 0.3) is 11.8 Å². The molecule has 2 aromatic carbocycles. The van der Waals surface area contributed by atoms with Crippen LogP contribution in [0.1, 0.15) is 131 Å². The first-order valence-electron chi connectivity index (χ1n) is 36.8. The quantitative estimate of drug-likeness (QED) is 0.0339. The summed E-state index contributed by atoms with van der Waals surface area (Å²) in [6.07, 6.45) is 0.458. The number of nitrogens with zero attached hydrogens (tertiary/aromatic N) is 4. The first-order chi connectivity index (χ1) is 50.8. The number of ether oxygens (including phenoxy) is 7. The number of urea groups is 1. The van der Waals surface area contributed by atoms with E-state index in [1.54, 1.807) is 104 Å². The fourth-order valence-corrected chi connectivity index (χ4v) is 12.7. The van der Waals surface area contributed by atoms with Crippen LogP contribution in [-0.4, -0.2) is 258 Å². The van der Waals surface area contributed by atoms with Crippen LogP contribution in [0.25, 0.3) is 0 Å². The minimum atomic E-state index is -1.13. The fourth-order valence-electron chi connectivity index (χ4n) is 12.7. The zero-order valence-electron chi connectivity index (χ0n) is 64.7. The van der Waals surface area contributed by atoms with Crippen molar-refractivity contribution in [1.82, 2.24) is 51.5 Å². The Labute approximate surface area is 629 Å². The molecule has 13 amide bonds. The predicted octanol–water partition coefficient (Wildman–Crippen LogP) is 3.09. The molecule has 0 bridgehead atoms. The molecule has 4 rings (SSSR count). The van der Waals surface area contributed by atoms with Gasteiger partial charge in [-0.3, -0.25) is 57.7 Å². The van der Waals surface area contributed by atoms with Crippen LogP contribution >= 0.6 is 0 Å². The Bertz CT molecular complexity index is 3200. The summed E-state index contributed by atoms with van der Waals surface area (Å²) >= 11 is 0. The molecule has 0 aromatic heterocycles. The van der Waals surface area contributed by atoms with Crippen molar-refractivity contribution in [3.8, 4) is 0 Å². The van der Waals surface area contributed by atoms with Crippen molar-refractivity contribution in [2.45, 2.75) is 181 Å². The fraction of sp³-hybridized carbons (Fsp3) is 0.653. The molecule has 2 aromatic rings. The lowest BCUT2D eigenvalue weighted by Crippen LogP contribution is -2.60. The number of imide groups is 1. The monoisotopic (exact) mass is 1510 g/mol. The number of carbonyl (C=O) groups is 12. The second kappa shape index (κ2) is 47.2. The first-order valence-corrected chi connectivity index (χ1v) is 36.8. The Kier molecular flexibility index (Phi) is 40.0. The van der Waals surface area contributed by atoms with E-state index in [-0.39, 0.29) is 135 Å². The van der Waals surface area contributed by atoms with Crippen molar-refractivity contribution in [3.05, 3.63) is 77.9 Å². The molecule has 1 saturated heterocycles. The van der Waals surface area contributed by atoms with Gasteiger partial charge < -0.3 is 91.0 Å². The summed E-state index contributed by atoms with van der Waals surface area (Å²) in [7, 11) is 6.03. The molecule has 32 nitrogen and oxygen atoms in total. The summed E-state index contributed by atoms with van der Waals surface area (Å²) in [5, 5.41) is 30.2. The lowest BCUT2D eigenvalue weighted by molar-refractivity contribution is -0.147. The number of nitrogens with two attached hydrogens (primary N) is 1. The number of aliphatic hydroxyl groups is 1. The van der Waals surface area contributed by atoms with Gasteiger partial charge in [-0.2, -0.15) is 0 Å². The second-order valence-electron chi connectivity index (χ2n) is 28.1. The minimum Gasteiger partial charge on any atom is -0.445 e. The van der Waals surface area contributed by atoms with Crippen molar-refractivity contribution in [2.24, 2.45) is 35.3 Å². The van der Waals surface area contributed by atoms with Crippen LogP contribution < -0.4 is 43.0 Å². The third-order valence-corrected chi connectivity index (χ3v) is 18.6. The SMILES string of the molecule is CO[C@H]([C@@H](C)C(=O)N[C@H](C)C(O)c1ccccc1)[C@@H]1CCCN1C(=O)C[C@@H](OC)[C@H](C(C)C)N(C)C(=O)[C@@H](NC(=O)[C@H](C(C)C)N(C)C(=O)OCc1ccc(NC(=O)[C@H](CCCNC(N)=O)NC(=O)[C@@H](NC(=O)CCOCCOCCOCCOCCNC(=O)CCN2C(=O)C=CC2=O)C(C)C)cc1)C(C)C. The lowest BCUT2D eigenvalue weighted by Gasteiger charge is -2.40. The van der Waals surface area contributed by atoms with Gasteiger partial charge in [-0.25, -0.2) is 9.59 Å². The third kappa shape index (κ3) is 30.1. The molecule has 1 fully saturated rings.